The molecule has 0 aliphatic heterocycles. The summed E-state index contributed by atoms with van der Waals surface area (Å²) in [6, 6.07) is 14.6. The molecule has 144 valence electrons. The number of carbonyl (C=O) groups excluding carboxylic acids is 1. The minimum absolute atomic E-state index is 0.112. The summed E-state index contributed by atoms with van der Waals surface area (Å²) in [6.07, 6.45) is 8.54. The van der Waals surface area contributed by atoms with E-state index in [1.807, 2.05) is 0 Å². The predicted octanol–water partition coefficient (Wildman–Crippen LogP) is 3.13. The van der Waals surface area contributed by atoms with Crippen LogP contribution in [0.2, 0.25) is 0 Å². The SMILES string of the molecule is O=C(c1ccccc1)C1C=CC=CC1(O)S(=O)(=O)CC=Cc1ccc(O)cc1. The van der Waals surface area contributed by atoms with Crippen molar-refractivity contribution in [3.05, 3.63) is 96.1 Å². The number of benzene rings is 2. The molecule has 2 unspecified atom stereocenters. The molecule has 1 aliphatic rings. The summed E-state index contributed by atoms with van der Waals surface area (Å²) >= 11 is 0. The van der Waals surface area contributed by atoms with E-state index in [0.717, 1.165) is 6.08 Å². The Morgan fingerprint density at radius 2 is 1.71 bits per heavy atom. The summed E-state index contributed by atoms with van der Waals surface area (Å²) < 4.78 is 25.8. The number of carbonyl (C=O) groups is 1. The first kappa shape index (κ1) is 19.8. The Morgan fingerprint density at radius 1 is 1.04 bits per heavy atom. The van der Waals surface area contributed by atoms with Crippen LogP contribution in [0.4, 0.5) is 0 Å². The van der Waals surface area contributed by atoms with Crippen molar-refractivity contribution in [2.45, 2.75) is 4.93 Å². The third kappa shape index (κ3) is 3.98. The summed E-state index contributed by atoms with van der Waals surface area (Å²) in [5, 5.41) is 20.3. The van der Waals surface area contributed by atoms with E-state index < -0.39 is 32.2 Å². The van der Waals surface area contributed by atoms with Gasteiger partial charge in [0.1, 0.15) is 5.75 Å². The van der Waals surface area contributed by atoms with Gasteiger partial charge >= 0.3 is 0 Å². The van der Waals surface area contributed by atoms with Crippen LogP contribution in [-0.4, -0.2) is 35.1 Å². The van der Waals surface area contributed by atoms with Crippen LogP contribution in [0, 0.1) is 5.92 Å². The molecule has 2 aromatic rings. The third-order valence-electron chi connectivity index (χ3n) is 4.55. The number of Topliss-reactive ketones (excluding diaryl/α,β-unsaturated/α-hetero) is 1. The van der Waals surface area contributed by atoms with Gasteiger partial charge in [0, 0.05) is 5.56 Å². The number of rotatable bonds is 6. The van der Waals surface area contributed by atoms with Gasteiger partial charge in [-0.1, -0.05) is 72.8 Å². The van der Waals surface area contributed by atoms with Crippen LogP contribution < -0.4 is 0 Å². The Bertz CT molecular complexity index is 1030. The van der Waals surface area contributed by atoms with Crippen molar-refractivity contribution < 1.29 is 23.4 Å². The second kappa shape index (κ2) is 7.96. The second-order valence-corrected chi connectivity index (χ2v) is 8.70. The number of ketones is 1. The van der Waals surface area contributed by atoms with Gasteiger partial charge in [-0.3, -0.25) is 4.79 Å². The molecule has 0 saturated carbocycles. The fourth-order valence-corrected chi connectivity index (χ4v) is 4.47. The van der Waals surface area contributed by atoms with Crippen molar-refractivity contribution in [2.24, 2.45) is 5.92 Å². The fraction of sp³-hybridized carbons (Fsp3) is 0.136. The van der Waals surface area contributed by atoms with E-state index in [1.165, 1.54) is 30.4 Å². The van der Waals surface area contributed by atoms with Crippen LogP contribution in [0.5, 0.6) is 5.75 Å². The van der Waals surface area contributed by atoms with E-state index >= 15 is 0 Å². The Labute approximate surface area is 163 Å². The quantitative estimate of drug-likeness (QED) is 0.732. The molecular weight excluding hydrogens is 376 g/mol. The van der Waals surface area contributed by atoms with Crippen LogP contribution in [0.15, 0.2) is 85.0 Å². The molecule has 5 nitrogen and oxygen atoms in total. The van der Waals surface area contributed by atoms with Gasteiger partial charge in [-0.15, -0.1) is 0 Å². The van der Waals surface area contributed by atoms with Gasteiger partial charge in [-0.2, -0.15) is 0 Å². The average molecular weight is 396 g/mol. The molecule has 0 fully saturated rings. The monoisotopic (exact) mass is 396 g/mol. The molecule has 0 spiro atoms. The van der Waals surface area contributed by atoms with Crippen LogP contribution in [0.3, 0.4) is 0 Å². The summed E-state index contributed by atoms with van der Waals surface area (Å²) in [6.45, 7) is 0. The largest absolute Gasteiger partial charge is 0.508 e. The molecule has 0 radical (unpaired) electrons. The Balaban J connectivity index is 1.85. The average Bonchev–Trinajstić information content (AvgIpc) is 2.70. The molecule has 3 rings (SSSR count). The van der Waals surface area contributed by atoms with Gasteiger partial charge in [0.2, 0.25) is 0 Å². The number of aromatic hydroxyl groups is 1. The summed E-state index contributed by atoms with van der Waals surface area (Å²) in [4.78, 5) is 10.5. The van der Waals surface area contributed by atoms with Gasteiger partial charge in [-0.05, 0) is 23.8 Å². The number of phenols is 1. The maximum atomic E-state index is 12.9. The van der Waals surface area contributed by atoms with Crippen molar-refractivity contribution in [1.29, 1.82) is 0 Å². The minimum atomic E-state index is -4.10. The van der Waals surface area contributed by atoms with Gasteiger partial charge in [-0.25, -0.2) is 8.42 Å². The van der Waals surface area contributed by atoms with E-state index in [-0.39, 0.29) is 5.75 Å². The normalized spacial score (nSPS) is 21.8. The predicted molar refractivity (Wildman–Crippen MR) is 108 cm³/mol. The molecule has 1 aliphatic carbocycles. The number of aliphatic hydroxyl groups is 1. The lowest BCUT2D eigenvalue weighted by atomic mass is 9.89. The van der Waals surface area contributed by atoms with Gasteiger partial charge in [0.15, 0.2) is 20.6 Å². The topological polar surface area (TPSA) is 91.7 Å². The molecule has 6 heteroatoms. The lowest BCUT2D eigenvalue weighted by Crippen LogP contribution is -2.48. The molecule has 0 bridgehead atoms. The molecule has 2 atom stereocenters. The zero-order valence-corrected chi connectivity index (χ0v) is 15.8. The number of phenolic OH excluding ortho intramolecular Hbond substituents is 1. The first-order valence-electron chi connectivity index (χ1n) is 8.69. The highest BCUT2D eigenvalue weighted by atomic mass is 32.2. The first-order valence-corrected chi connectivity index (χ1v) is 10.3. The molecule has 28 heavy (non-hydrogen) atoms. The molecule has 0 heterocycles. The Kier molecular flexibility index (Phi) is 5.63. The number of hydrogen-bond donors (Lipinski definition) is 2. The zero-order valence-electron chi connectivity index (χ0n) is 15.0. The standard InChI is InChI=1S/C22H20O5S/c23-19-13-11-17(12-14-19)7-6-16-28(26,27)22(25)15-5-4-10-20(22)21(24)18-8-2-1-3-9-18/h1-15,20,23,25H,16H2. The van der Waals surface area contributed by atoms with Crippen LogP contribution in [0.1, 0.15) is 15.9 Å². The van der Waals surface area contributed by atoms with Crippen molar-refractivity contribution in [3.63, 3.8) is 0 Å². The molecule has 2 N–H and O–H groups in total. The number of allylic oxidation sites excluding steroid dienone is 2. The zero-order chi connectivity index (χ0) is 20.2. The fourth-order valence-electron chi connectivity index (χ4n) is 2.99. The maximum Gasteiger partial charge on any atom is 0.198 e. The highest BCUT2D eigenvalue weighted by Gasteiger charge is 2.49. The third-order valence-corrected chi connectivity index (χ3v) is 6.57. The van der Waals surface area contributed by atoms with Gasteiger partial charge in [0.05, 0.1) is 11.7 Å². The highest BCUT2D eigenvalue weighted by molar-refractivity contribution is 7.93. The van der Waals surface area contributed by atoms with E-state index in [4.69, 9.17) is 0 Å². The van der Waals surface area contributed by atoms with Crippen molar-refractivity contribution in [2.75, 3.05) is 5.75 Å². The van der Waals surface area contributed by atoms with Crippen molar-refractivity contribution in [3.8, 4) is 5.75 Å². The smallest absolute Gasteiger partial charge is 0.198 e. The van der Waals surface area contributed by atoms with Gasteiger partial charge < -0.3 is 10.2 Å². The number of sulfone groups is 1. The van der Waals surface area contributed by atoms with E-state index in [1.54, 1.807) is 54.6 Å². The lowest BCUT2D eigenvalue weighted by Gasteiger charge is -2.32. The Hall–Kier alpha value is -2.96. The molecule has 0 saturated heterocycles. The summed E-state index contributed by atoms with van der Waals surface area (Å²) in [7, 11) is -4.10. The second-order valence-electron chi connectivity index (χ2n) is 6.48. The summed E-state index contributed by atoms with van der Waals surface area (Å²) in [5.74, 6) is -2.02. The van der Waals surface area contributed by atoms with Crippen LogP contribution in [0.25, 0.3) is 6.08 Å². The summed E-state index contributed by atoms with van der Waals surface area (Å²) in [5.41, 5.74) is 1.04. The van der Waals surface area contributed by atoms with Gasteiger partial charge in [0.25, 0.3) is 0 Å². The van der Waals surface area contributed by atoms with E-state index in [0.29, 0.717) is 11.1 Å². The first-order chi connectivity index (χ1) is 13.3. The Morgan fingerprint density at radius 3 is 2.39 bits per heavy atom. The molecule has 0 amide bonds. The number of hydrogen-bond acceptors (Lipinski definition) is 5. The van der Waals surface area contributed by atoms with Crippen molar-refractivity contribution >= 4 is 21.7 Å². The maximum absolute atomic E-state index is 12.9. The van der Waals surface area contributed by atoms with Crippen molar-refractivity contribution in [1.82, 2.24) is 0 Å². The molecule has 0 aromatic heterocycles. The highest BCUT2D eigenvalue weighted by Crippen LogP contribution is 2.33. The van der Waals surface area contributed by atoms with Crippen LogP contribution >= 0.6 is 0 Å². The van der Waals surface area contributed by atoms with E-state index in [9.17, 15) is 23.4 Å². The van der Waals surface area contributed by atoms with E-state index in [2.05, 4.69) is 0 Å². The van der Waals surface area contributed by atoms with Crippen LogP contribution in [-0.2, 0) is 9.84 Å². The lowest BCUT2D eigenvalue weighted by molar-refractivity contribution is 0.0755. The minimum Gasteiger partial charge on any atom is -0.508 e. The molecule has 2 aromatic carbocycles. The molecular formula is C22H20O5S.